The second-order valence-electron chi connectivity index (χ2n) is 3.63. The van der Waals surface area contributed by atoms with Gasteiger partial charge >= 0.3 is 5.97 Å². The van der Waals surface area contributed by atoms with Gasteiger partial charge in [-0.2, -0.15) is 0 Å². The van der Waals surface area contributed by atoms with Gasteiger partial charge in [0.15, 0.2) is 5.44 Å². The zero-order valence-electron chi connectivity index (χ0n) is 8.19. The molecule has 0 amide bonds. The molecule has 0 radical (unpaired) electrons. The highest BCUT2D eigenvalue weighted by Crippen LogP contribution is 2.36. The smallest absolute Gasteiger partial charge is 0.340 e. The maximum atomic E-state index is 11.6. The van der Waals surface area contributed by atoms with Crippen LogP contribution in [0.25, 0.3) is 0 Å². The Morgan fingerprint density at radius 2 is 2.07 bits per heavy atom. The Balaban J connectivity index is 2.33. The lowest BCUT2D eigenvalue weighted by Crippen LogP contribution is -2.24. The van der Waals surface area contributed by atoms with Crippen LogP contribution < -0.4 is 0 Å². The average molecular weight is 208 g/mol. The molecule has 1 aliphatic rings. The van der Waals surface area contributed by atoms with Crippen molar-refractivity contribution in [3.63, 3.8) is 0 Å². The van der Waals surface area contributed by atoms with Crippen LogP contribution in [0.15, 0.2) is 29.2 Å². The lowest BCUT2D eigenvalue weighted by atomic mass is 10.2. The van der Waals surface area contributed by atoms with E-state index in [0.29, 0.717) is 11.5 Å². The number of esters is 1. The van der Waals surface area contributed by atoms with E-state index >= 15 is 0 Å². The van der Waals surface area contributed by atoms with Gasteiger partial charge in [0.2, 0.25) is 0 Å². The number of carbonyl (C=O) groups excluding carboxylic acids is 1. The number of hydrogen-bond donors (Lipinski definition) is 0. The molecule has 1 aromatic rings. The number of carbonyl (C=O) groups is 1. The first-order chi connectivity index (χ1) is 6.68. The van der Waals surface area contributed by atoms with Gasteiger partial charge in [-0.15, -0.1) is 0 Å². The minimum absolute atomic E-state index is 0.0441. The number of ether oxygens (including phenoxy) is 1. The number of cyclic esters (lactones) is 1. The number of fused-ring (bicyclic) bond motifs is 1. The topological polar surface area (TPSA) is 26.3 Å². The number of thioether (sulfide) groups is 1. The SMILES string of the molecule is CC(C)[C@H]1OC(=O)c2ccccc2S1. The number of hydrogen-bond acceptors (Lipinski definition) is 3. The van der Waals surface area contributed by atoms with Crippen LogP contribution in [0.5, 0.6) is 0 Å². The van der Waals surface area contributed by atoms with Gasteiger partial charge in [-0.3, -0.25) is 0 Å². The van der Waals surface area contributed by atoms with Gasteiger partial charge < -0.3 is 4.74 Å². The first-order valence-electron chi connectivity index (χ1n) is 4.65. The van der Waals surface area contributed by atoms with Crippen LogP contribution in [0.2, 0.25) is 0 Å². The van der Waals surface area contributed by atoms with Crippen molar-refractivity contribution in [2.75, 3.05) is 0 Å². The lowest BCUT2D eigenvalue weighted by molar-refractivity contribution is 0.0375. The maximum Gasteiger partial charge on any atom is 0.340 e. The second kappa shape index (κ2) is 3.65. The summed E-state index contributed by atoms with van der Waals surface area (Å²) >= 11 is 1.63. The summed E-state index contributed by atoms with van der Waals surface area (Å²) in [6.07, 6.45) is 0. The van der Waals surface area contributed by atoms with Crippen LogP contribution in [0.1, 0.15) is 24.2 Å². The third kappa shape index (κ3) is 1.64. The first-order valence-corrected chi connectivity index (χ1v) is 5.53. The van der Waals surface area contributed by atoms with Gasteiger partial charge in [-0.1, -0.05) is 37.7 Å². The predicted octanol–water partition coefficient (Wildman–Crippen LogP) is 2.93. The summed E-state index contributed by atoms with van der Waals surface area (Å²) in [4.78, 5) is 12.6. The van der Waals surface area contributed by atoms with E-state index in [0.717, 1.165) is 4.90 Å². The molecule has 14 heavy (non-hydrogen) atoms. The molecule has 0 fully saturated rings. The summed E-state index contributed by atoms with van der Waals surface area (Å²) in [5.41, 5.74) is 0.645. The molecule has 3 heteroatoms. The Morgan fingerprint density at radius 3 is 2.79 bits per heavy atom. The summed E-state index contributed by atoms with van der Waals surface area (Å²) in [6, 6.07) is 7.58. The molecule has 2 nitrogen and oxygen atoms in total. The van der Waals surface area contributed by atoms with Crippen molar-refractivity contribution in [3.05, 3.63) is 29.8 Å². The zero-order valence-corrected chi connectivity index (χ0v) is 9.01. The molecule has 0 unspecified atom stereocenters. The van der Waals surface area contributed by atoms with Gasteiger partial charge in [0.05, 0.1) is 5.56 Å². The van der Waals surface area contributed by atoms with E-state index in [-0.39, 0.29) is 11.4 Å². The zero-order chi connectivity index (χ0) is 10.1. The molecule has 2 rings (SSSR count). The Bertz CT molecular complexity index is 360. The molecule has 0 aliphatic carbocycles. The van der Waals surface area contributed by atoms with Crippen LogP contribution in [0, 0.1) is 5.92 Å². The van der Waals surface area contributed by atoms with Crippen molar-refractivity contribution in [3.8, 4) is 0 Å². The van der Waals surface area contributed by atoms with Crippen LogP contribution in [0.3, 0.4) is 0 Å². The van der Waals surface area contributed by atoms with Crippen molar-refractivity contribution in [1.29, 1.82) is 0 Å². The number of benzene rings is 1. The molecule has 1 atom stereocenters. The van der Waals surface area contributed by atoms with E-state index in [9.17, 15) is 4.79 Å². The molecule has 1 aliphatic heterocycles. The van der Waals surface area contributed by atoms with E-state index in [1.54, 1.807) is 17.8 Å². The van der Waals surface area contributed by atoms with Crippen molar-refractivity contribution >= 4 is 17.7 Å². The van der Waals surface area contributed by atoms with Crippen LogP contribution >= 0.6 is 11.8 Å². The molecule has 74 valence electrons. The summed E-state index contributed by atoms with van der Waals surface area (Å²) in [7, 11) is 0. The fourth-order valence-corrected chi connectivity index (χ4v) is 2.42. The standard InChI is InChI=1S/C11H12O2S/c1-7(2)11-13-10(12)8-5-3-4-6-9(8)14-11/h3-7,11H,1-2H3/t11-/m0/s1. The molecule has 0 spiro atoms. The molecular weight excluding hydrogens is 196 g/mol. The summed E-state index contributed by atoms with van der Waals surface area (Å²) in [5.74, 6) is 0.148. The molecule has 0 N–H and O–H groups in total. The van der Waals surface area contributed by atoms with Crippen LogP contribution in [-0.4, -0.2) is 11.4 Å². The third-order valence-corrected chi connectivity index (χ3v) is 3.60. The highest BCUT2D eigenvalue weighted by atomic mass is 32.2. The van der Waals surface area contributed by atoms with E-state index < -0.39 is 0 Å². The molecule has 1 heterocycles. The Labute approximate surface area is 87.6 Å². The third-order valence-electron chi connectivity index (χ3n) is 2.12. The monoisotopic (exact) mass is 208 g/mol. The van der Waals surface area contributed by atoms with Crippen molar-refractivity contribution in [2.24, 2.45) is 5.92 Å². The van der Waals surface area contributed by atoms with E-state index in [2.05, 4.69) is 13.8 Å². The first kappa shape index (κ1) is 9.59. The Morgan fingerprint density at radius 1 is 1.36 bits per heavy atom. The summed E-state index contributed by atoms with van der Waals surface area (Å²) in [5, 5.41) is 0. The van der Waals surface area contributed by atoms with E-state index in [1.165, 1.54) is 0 Å². The number of rotatable bonds is 1. The molecular formula is C11H12O2S. The van der Waals surface area contributed by atoms with Gasteiger partial charge in [0.25, 0.3) is 0 Å². The highest BCUT2D eigenvalue weighted by Gasteiger charge is 2.28. The minimum atomic E-state index is -0.196. The summed E-state index contributed by atoms with van der Waals surface area (Å²) < 4.78 is 5.30. The molecule has 0 saturated carbocycles. The summed E-state index contributed by atoms with van der Waals surface area (Å²) in [6.45, 7) is 4.11. The van der Waals surface area contributed by atoms with Gasteiger partial charge in [-0.25, -0.2) is 4.79 Å². The van der Waals surface area contributed by atoms with Gasteiger partial charge in [0.1, 0.15) is 0 Å². The van der Waals surface area contributed by atoms with Crippen LogP contribution in [0.4, 0.5) is 0 Å². The quantitative estimate of drug-likeness (QED) is 0.664. The molecule has 0 aromatic heterocycles. The van der Waals surface area contributed by atoms with Crippen molar-refractivity contribution in [1.82, 2.24) is 0 Å². The molecule has 0 bridgehead atoms. The minimum Gasteiger partial charge on any atom is -0.447 e. The predicted molar refractivity (Wildman–Crippen MR) is 56.3 cm³/mol. The fourth-order valence-electron chi connectivity index (χ4n) is 1.33. The van der Waals surface area contributed by atoms with Gasteiger partial charge in [-0.05, 0) is 12.1 Å². The van der Waals surface area contributed by atoms with E-state index in [1.807, 2.05) is 18.2 Å². The molecule has 0 saturated heterocycles. The van der Waals surface area contributed by atoms with Crippen molar-refractivity contribution < 1.29 is 9.53 Å². The highest BCUT2D eigenvalue weighted by molar-refractivity contribution is 8.00. The molecule has 1 aromatic carbocycles. The van der Waals surface area contributed by atoms with Crippen molar-refractivity contribution in [2.45, 2.75) is 24.2 Å². The van der Waals surface area contributed by atoms with Crippen LogP contribution in [-0.2, 0) is 4.74 Å². The largest absolute Gasteiger partial charge is 0.447 e. The maximum absolute atomic E-state index is 11.6. The second-order valence-corrected chi connectivity index (χ2v) is 4.77. The lowest BCUT2D eigenvalue weighted by Gasteiger charge is -2.26. The van der Waals surface area contributed by atoms with Gasteiger partial charge in [0, 0.05) is 10.8 Å². The normalized spacial score (nSPS) is 20.5. The Hall–Kier alpha value is -0.960. The van der Waals surface area contributed by atoms with E-state index in [4.69, 9.17) is 4.74 Å². The average Bonchev–Trinajstić information content (AvgIpc) is 2.17. The Kier molecular flexibility index (Phi) is 2.50. The fraction of sp³-hybridized carbons (Fsp3) is 0.364.